The summed E-state index contributed by atoms with van der Waals surface area (Å²) in [4.78, 5) is 36.2. The molecule has 0 aliphatic heterocycles. The minimum absolute atomic E-state index is 0.0189. The summed E-state index contributed by atoms with van der Waals surface area (Å²) < 4.78 is 10.5. The van der Waals surface area contributed by atoms with Gasteiger partial charge in [-0.25, -0.2) is 9.59 Å². The predicted octanol–water partition coefficient (Wildman–Crippen LogP) is 1.67. The Morgan fingerprint density at radius 2 is 1.65 bits per heavy atom. The third-order valence-corrected chi connectivity index (χ3v) is 3.34. The molecule has 1 rings (SSSR count). The average Bonchev–Trinajstić information content (AvgIpc) is 2.29. The number of amides is 1. The maximum atomic E-state index is 12.5. The van der Waals surface area contributed by atoms with Gasteiger partial charge in [-0.05, 0) is 48.0 Å². The lowest BCUT2D eigenvalue weighted by Crippen LogP contribution is -2.67. The van der Waals surface area contributed by atoms with Gasteiger partial charge < -0.3 is 20.5 Å². The number of hydrogen-bond donors (Lipinski definition) is 2. The molecule has 0 radical (unpaired) electrons. The molecule has 7 nitrogen and oxygen atoms in total. The Kier molecular flexibility index (Phi) is 5.46. The van der Waals surface area contributed by atoms with Crippen LogP contribution in [0, 0.1) is 0 Å². The van der Waals surface area contributed by atoms with Crippen LogP contribution in [-0.2, 0) is 19.1 Å². The summed E-state index contributed by atoms with van der Waals surface area (Å²) in [6.45, 7) is 10.4. The zero-order chi connectivity index (χ0) is 18.1. The summed E-state index contributed by atoms with van der Waals surface area (Å²) in [5.74, 6) is -0.686. The number of carbonyl (C=O) groups is 3. The molecule has 1 aliphatic carbocycles. The van der Waals surface area contributed by atoms with Gasteiger partial charge in [0.2, 0.25) is 0 Å². The van der Waals surface area contributed by atoms with Crippen LogP contribution in [-0.4, -0.2) is 40.6 Å². The van der Waals surface area contributed by atoms with Crippen molar-refractivity contribution in [2.45, 2.75) is 83.6 Å². The number of carbonyl (C=O) groups excluding carboxylic acids is 3. The molecule has 7 heteroatoms. The number of alkyl carbamates (subject to hydrolysis) is 1. The van der Waals surface area contributed by atoms with E-state index in [4.69, 9.17) is 15.2 Å². The number of Topliss-reactive ketones (excluding diaryl/α,β-unsaturated/α-hetero) is 1. The minimum atomic E-state index is -1.45. The van der Waals surface area contributed by atoms with Gasteiger partial charge in [-0.2, -0.15) is 0 Å². The number of hydrogen-bond acceptors (Lipinski definition) is 6. The van der Waals surface area contributed by atoms with Crippen LogP contribution in [0.4, 0.5) is 4.79 Å². The van der Waals surface area contributed by atoms with E-state index in [1.54, 1.807) is 41.5 Å². The lowest BCUT2D eigenvalue weighted by molar-refractivity contribution is -0.164. The highest BCUT2D eigenvalue weighted by Crippen LogP contribution is 2.28. The van der Waals surface area contributed by atoms with E-state index in [1.165, 1.54) is 0 Å². The monoisotopic (exact) mass is 328 g/mol. The Labute approximate surface area is 137 Å². The molecule has 0 aromatic rings. The van der Waals surface area contributed by atoms with E-state index in [1.807, 2.05) is 0 Å². The Morgan fingerprint density at radius 3 is 2.13 bits per heavy atom. The fourth-order valence-electron chi connectivity index (χ4n) is 2.28. The van der Waals surface area contributed by atoms with Crippen molar-refractivity contribution in [2.75, 3.05) is 0 Å². The number of ketones is 1. The van der Waals surface area contributed by atoms with E-state index in [-0.39, 0.29) is 25.0 Å². The zero-order valence-electron chi connectivity index (χ0n) is 14.8. The standard InChI is InChI=1S/C16H28N2O5/c1-14(2,3)22-12(20)16(17)8-7-10(19)9-11(16)18-13(21)23-15(4,5)6/h11H,7-9,17H2,1-6H3,(H,18,21). The Hall–Kier alpha value is -1.63. The number of ether oxygens (including phenoxy) is 2. The molecular formula is C16H28N2O5. The van der Waals surface area contributed by atoms with Crippen molar-refractivity contribution in [3.05, 3.63) is 0 Å². The zero-order valence-corrected chi connectivity index (χ0v) is 14.8. The van der Waals surface area contributed by atoms with Crippen LogP contribution in [0.3, 0.4) is 0 Å². The Bertz CT molecular complexity index is 490. The van der Waals surface area contributed by atoms with Crippen molar-refractivity contribution in [2.24, 2.45) is 5.73 Å². The molecule has 23 heavy (non-hydrogen) atoms. The second-order valence-electron chi connectivity index (χ2n) is 7.98. The molecule has 2 unspecified atom stereocenters. The van der Waals surface area contributed by atoms with E-state index < -0.39 is 34.8 Å². The van der Waals surface area contributed by atoms with Crippen molar-refractivity contribution in [1.82, 2.24) is 5.32 Å². The van der Waals surface area contributed by atoms with Crippen LogP contribution in [0.25, 0.3) is 0 Å². The first-order valence-electron chi connectivity index (χ1n) is 7.76. The molecule has 0 heterocycles. The van der Waals surface area contributed by atoms with Gasteiger partial charge in [-0.15, -0.1) is 0 Å². The first-order valence-corrected chi connectivity index (χ1v) is 7.76. The van der Waals surface area contributed by atoms with Gasteiger partial charge >= 0.3 is 12.1 Å². The van der Waals surface area contributed by atoms with Gasteiger partial charge in [-0.3, -0.25) is 4.79 Å². The quantitative estimate of drug-likeness (QED) is 0.747. The van der Waals surface area contributed by atoms with Gasteiger partial charge in [0.15, 0.2) is 0 Å². The van der Waals surface area contributed by atoms with Crippen LogP contribution in [0.2, 0.25) is 0 Å². The van der Waals surface area contributed by atoms with E-state index in [2.05, 4.69) is 5.32 Å². The van der Waals surface area contributed by atoms with E-state index in [0.717, 1.165) is 0 Å². The molecule has 3 N–H and O–H groups in total. The van der Waals surface area contributed by atoms with Crippen LogP contribution >= 0.6 is 0 Å². The van der Waals surface area contributed by atoms with Crippen LogP contribution in [0.15, 0.2) is 0 Å². The fourth-order valence-corrected chi connectivity index (χ4v) is 2.28. The molecule has 1 saturated carbocycles. The van der Waals surface area contributed by atoms with Crippen molar-refractivity contribution >= 4 is 17.8 Å². The average molecular weight is 328 g/mol. The van der Waals surface area contributed by atoms with Gasteiger partial charge in [0.25, 0.3) is 0 Å². The molecule has 0 aromatic heterocycles. The van der Waals surface area contributed by atoms with Crippen LogP contribution < -0.4 is 11.1 Å². The molecule has 0 spiro atoms. The minimum Gasteiger partial charge on any atom is -0.459 e. The van der Waals surface area contributed by atoms with Crippen LogP contribution in [0.5, 0.6) is 0 Å². The molecule has 2 atom stereocenters. The molecule has 1 fully saturated rings. The predicted molar refractivity (Wildman–Crippen MR) is 84.8 cm³/mol. The van der Waals surface area contributed by atoms with Gasteiger partial charge in [0.05, 0.1) is 6.04 Å². The molecule has 0 saturated heterocycles. The van der Waals surface area contributed by atoms with Crippen molar-refractivity contribution in [3.8, 4) is 0 Å². The van der Waals surface area contributed by atoms with Gasteiger partial charge in [-0.1, -0.05) is 0 Å². The van der Waals surface area contributed by atoms with Crippen molar-refractivity contribution in [3.63, 3.8) is 0 Å². The number of nitrogens with one attached hydrogen (secondary N) is 1. The second kappa shape index (κ2) is 6.47. The Morgan fingerprint density at radius 1 is 1.13 bits per heavy atom. The maximum absolute atomic E-state index is 12.5. The summed E-state index contributed by atoms with van der Waals surface area (Å²) in [6, 6.07) is -0.853. The molecule has 1 aliphatic rings. The van der Waals surface area contributed by atoms with E-state index in [9.17, 15) is 14.4 Å². The summed E-state index contributed by atoms with van der Waals surface area (Å²) in [7, 11) is 0. The third-order valence-electron chi connectivity index (χ3n) is 3.34. The van der Waals surface area contributed by atoms with Crippen molar-refractivity contribution < 1.29 is 23.9 Å². The molecule has 0 bridgehead atoms. The Balaban J connectivity index is 2.92. The summed E-state index contributed by atoms with van der Waals surface area (Å²) in [5, 5.41) is 2.56. The molecule has 132 valence electrons. The summed E-state index contributed by atoms with van der Waals surface area (Å²) >= 11 is 0. The number of esters is 1. The fraction of sp³-hybridized carbons (Fsp3) is 0.812. The SMILES string of the molecule is CC(C)(C)OC(=O)NC1CC(=O)CCC1(N)C(=O)OC(C)(C)C. The summed E-state index contributed by atoms with van der Waals surface area (Å²) in [5.41, 5.74) is 3.39. The van der Waals surface area contributed by atoms with Gasteiger partial charge in [0.1, 0.15) is 22.5 Å². The first kappa shape index (κ1) is 19.4. The third kappa shape index (κ3) is 5.82. The lowest BCUT2D eigenvalue weighted by Gasteiger charge is -2.40. The lowest BCUT2D eigenvalue weighted by atomic mass is 9.77. The normalized spacial score (nSPS) is 25.7. The summed E-state index contributed by atoms with van der Waals surface area (Å²) in [6.07, 6.45) is -0.422. The first-order chi connectivity index (χ1) is 10.2. The highest BCUT2D eigenvalue weighted by atomic mass is 16.6. The highest BCUT2D eigenvalue weighted by Gasteiger charge is 2.49. The topological polar surface area (TPSA) is 108 Å². The smallest absolute Gasteiger partial charge is 0.407 e. The molecular weight excluding hydrogens is 300 g/mol. The molecule has 1 amide bonds. The van der Waals surface area contributed by atoms with Gasteiger partial charge in [0, 0.05) is 12.8 Å². The highest BCUT2D eigenvalue weighted by molar-refractivity contribution is 5.89. The second-order valence-corrected chi connectivity index (χ2v) is 7.98. The van der Waals surface area contributed by atoms with Crippen molar-refractivity contribution in [1.29, 1.82) is 0 Å². The molecule has 0 aromatic carbocycles. The maximum Gasteiger partial charge on any atom is 0.407 e. The number of nitrogens with two attached hydrogens (primary N) is 1. The largest absolute Gasteiger partial charge is 0.459 e. The van der Waals surface area contributed by atoms with E-state index in [0.29, 0.717) is 0 Å². The van der Waals surface area contributed by atoms with Crippen LogP contribution in [0.1, 0.15) is 60.8 Å². The van der Waals surface area contributed by atoms with E-state index >= 15 is 0 Å². The number of rotatable bonds is 2.